The number of rotatable bonds is 12. The Morgan fingerprint density at radius 2 is 1.59 bits per heavy atom. The van der Waals surface area contributed by atoms with E-state index in [0.717, 1.165) is 108 Å². The van der Waals surface area contributed by atoms with E-state index in [1.165, 1.54) is 25.6 Å². The van der Waals surface area contributed by atoms with E-state index in [0.29, 0.717) is 23.8 Å². The molecule has 0 bridgehead atoms. The van der Waals surface area contributed by atoms with Gasteiger partial charge in [-0.15, -0.1) is 0 Å². The molecule has 2 amide bonds. The summed E-state index contributed by atoms with van der Waals surface area (Å²) >= 11 is 0. The molecule has 0 saturated carbocycles. The molecule has 0 aliphatic carbocycles. The number of nitrogens with zero attached hydrogens (tertiary/aromatic N) is 9. The Kier molecular flexibility index (Phi) is 16.1. The number of hydrogen-bond acceptors (Lipinski definition) is 14. The number of likely N-dealkylation sites (tertiary alicyclic amines) is 1. The molecule has 2 fully saturated rings. The van der Waals surface area contributed by atoms with E-state index in [1.54, 1.807) is 24.1 Å². The van der Waals surface area contributed by atoms with Crippen LogP contribution in [0, 0.1) is 0 Å². The van der Waals surface area contributed by atoms with Gasteiger partial charge < -0.3 is 35.4 Å². The lowest BCUT2D eigenvalue weighted by molar-refractivity contribution is -0.128. The van der Waals surface area contributed by atoms with Crippen molar-refractivity contribution in [3.63, 3.8) is 0 Å². The van der Waals surface area contributed by atoms with Gasteiger partial charge in [0.05, 0.1) is 17.3 Å². The zero-order chi connectivity index (χ0) is 46.3. The van der Waals surface area contributed by atoms with Gasteiger partial charge in [0.2, 0.25) is 0 Å². The third kappa shape index (κ3) is 11.9. The van der Waals surface area contributed by atoms with Crippen LogP contribution in [-0.4, -0.2) is 101 Å². The molecule has 18 heteroatoms. The number of carbonyl (C=O) groups excluding carboxylic acids is 2. The molecular formula is C48H57N13O5. The number of hydrogen-bond donors (Lipinski definition) is 5. The second-order valence-electron chi connectivity index (χ2n) is 15.7. The first-order chi connectivity index (χ1) is 32.2. The zero-order valence-corrected chi connectivity index (χ0v) is 37.4. The van der Waals surface area contributed by atoms with E-state index in [2.05, 4.69) is 65.4 Å². The van der Waals surface area contributed by atoms with Crippen molar-refractivity contribution < 1.29 is 24.2 Å². The number of nitrogens with two attached hydrogens (primary N) is 1. The van der Waals surface area contributed by atoms with E-state index < -0.39 is 6.09 Å². The summed E-state index contributed by atoms with van der Waals surface area (Å²) in [6, 6.07) is 23.0. The van der Waals surface area contributed by atoms with Crippen molar-refractivity contribution >= 4 is 52.0 Å². The summed E-state index contributed by atoms with van der Waals surface area (Å²) in [7, 11) is 0. The van der Waals surface area contributed by atoms with E-state index in [9.17, 15) is 9.59 Å². The lowest BCUT2D eigenvalue weighted by atomic mass is 10.1. The van der Waals surface area contributed by atoms with Gasteiger partial charge in [-0.1, -0.05) is 37.8 Å². The average Bonchev–Trinajstić information content (AvgIpc) is 4.00. The van der Waals surface area contributed by atoms with Crippen molar-refractivity contribution in [2.24, 2.45) is 0 Å². The van der Waals surface area contributed by atoms with Gasteiger partial charge in [0.25, 0.3) is 5.91 Å². The SMILES string of the molecule is C=C(COC(=O)Nc1ccc(CNc2cc(N3CCCCC3)nc3c(CC)cnn23)cn1)C(=O)N1CCCCC1.CCO.Nc1ncnc2n[nH]c(-c3ccc(Oc4ccccc4)cc3)c12. The van der Waals surface area contributed by atoms with Crippen molar-refractivity contribution in [1.29, 1.82) is 0 Å². The van der Waals surface area contributed by atoms with E-state index >= 15 is 0 Å². The number of anilines is 4. The lowest BCUT2D eigenvalue weighted by Gasteiger charge is -2.28. The first-order valence-corrected chi connectivity index (χ1v) is 22.4. The number of carbonyl (C=O) groups is 2. The molecule has 2 saturated heterocycles. The second kappa shape index (κ2) is 22.8. The molecule has 7 heterocycles. The highest BCUT2D eigenvalue weighted by atomic mass is 16.5. The Morgan fingerprint density at radius 3 is 2.29 bits per heavy atom. The summed E-state index contributed by atoms with van der Waals surface area (Å²) in [5.41, 5.74) is 11.4. The molecule has 5 aromatic heterocycles. The van der Waals surface area contributed by atoms with Crippen molar-refractivity contribution in [2.45, 2.75) is 65.3 Å². The average molecular weight is 896 g/mol. The maximum Gasteiger partial charge on any atom is 0.413 e. The lowest BCUT2D eigenvalue weighted by Crippen LogP contribution is -2.37. The van der Waals surface area contributed by atoms with Gasteiger partial charge in [-0.05, 0) is 99.9 Å². The van der Waals surface area contributed by atoms with E-state index in [-0.39, 0.29) is 24.7 Å². The van der Waals surface area contributed by atoms with Crippen LogP contribution in [0.4, 0.5) is 28.1 Å². The number of aromatic nitrogens is 8. The van der Waals surface area contributed by atoms with Crippen LogP contribution >= 0.6 is 0 Å². The molecule has 66 heavy (non-hydrogen) atoms. The summed E-state index contributed by atoms with van der Waals surface area (Å²) < 4.78 is 12.8. The number of piperidine rings is 2. The number of aliphatic hydroxyl groups excluding tert-OH is 1. The van der Waals surface area contributed by atoms with Crippen LogP contribution in [-0.2, 0) is 22.5 Å². The fraction of sp³-hybridized carbons (Fsp3) is 0.333. The van der Waals surface area contributed by atoms with E-state index in [4.69, 9.17) is 25.3 Å². The largest absolute Gasteiger partial charge is 0.457 e. The molecule has 0 radical (unpaired) electrons. The van der Waals surface area contributed by atoms with Crippen molar-refractivity contribution in [1.82, 2.24) is 44.6 Å². The Bertz CT molecular complexity index is 2680. The van der Waals surface area contributed by atoms with Crippen molar-refractivity contribution in [3.05, 3.63) is 115 Å². The van der Waals surface area contributed by atoms with Gasteiger partial charge in [-0.2, -0.15) is 14.7 Å². The summed E-state index contributed by atoms with van der Waals surface area (Å²) in [4.78, 5) is 46.2. The van der Waals surface area contributed by atoms with Crippen LogP contribution in [0.15, 0.2) is 104 Å². The number of nitrogens with one attached hydrogen (secondary N) is 3. The molecule has 2 aromatic carbocycles. The number of H-pyrrole nitrogens is 1. The maximum atomic E-state index is 12.4. The number of para-hydroxylation sites is 1. The summed E-state index contributed by atoms with van der Waals surface area (Å²) in [5.74, 6) is 4.01. The minimum Gasteiger partial charge on any atom is -0.457 e. The molecule has 2 aliphatic heterocycles. The third-order valence-corrected chi connectivity index (χ3v) is 10.9. The molecule has 344 valence electrons. The molecule has 0 atom stereocenters. The number of aryl methyl sites for hydroxylation is 1. The second-order valence-corrected chi connectivity index (χ2v) is 15.7. The number of amides is 2. The molecule has 0 unspecified atom stereocenters. The Labute approximate surface area is 383 Å². The van der Waals surface area contributed by atoms with Gasteiger partial charge >= 0.3 is 6.09 Å². The van der Waals surface area contributed by atoms with Crippen LogP contribution in [0.3, 0.4) is 0 Å². The highest BCUT2D eigenvalue weighted by Crippen LogP contribution is 2.31. The molecule has 6 N–H and O–H groups in total. The number of fused-ring (bicyclic) bond motifs is 2. The fourth-order valence-corrected chi connectivity index (χ4v) is 7.53. The maximum absolute atomic E-state index is 12.4. The van der Waals surface area contributed by atoms with Crippen molar-refractivity contribution in [2.75, 3.05) is 60.7 Å². The van der Waals surface area contributed by atoms with Crippen LogP contribution in [0.1, 0.15) is 63.5 Å². The van der Waals surface area contributed by atoms with Crippen LogP contribution in [0.25, 0.3) is 27.9 Å². The van der Waals surface area contributed by atoms with Crippen LogP contribution in [0.5, 0.6) is 11.5 Å². The van der Waals surface area contributed by atoms with Crippen LogP contribution in [0.2, 0.25) is 0 Å². The summed E-state index contributed by atoms with van der Waals surface area (Å²) in [5, 5.41) is 26.1. The number of aliphatic hydroxyl groups is 1. The van der Waals surface area contributed by atoms with Gasteiger partial charge in [0.15, 0.2) is 11.3 Å². The highest BCUT2D eigenvalue weighted by molar-refractivity contribution is 5.97. The topological polar surface area (TPSA) is 227 Å². The quantitative estimate of drug-likeness (QED) is 0.0738. The number of pyridine rings is 1. The Morgan fingerprint density at radius 1 is 0.879 bits per heavy atom. The number of benzene rings is 2. The highest BCUT2D eigenvalue weighted by Gasteiger charge is 2.21. The standard InChI is InChI=1S/C29H38N8O3.C17H13N5O.C2H6O/c1-3-23-19-32-37-25(16-26(34-27(23)37)35-12-6-4-7-13-35)31-18-22-10-11-24(30-17-22)33-29(39)40-20-21(2)28(38)36-14-8-5-9-15-36;18-16-14-15(21-22-17(14)20-10-19-16)11-6-8-13(9-7-11)23-12-4-2-1-3-5-12;1-2-3/h10-11,16-17,19,31H,2-9,12-15,18,20H2,1H3,(H,30,33,39);1-10H,(H3,18,19,20,21,22);3H,2H2,1H3. The predicted molar refractivity (Wildman–Crippen MR) is 255 cm³/mol. The van der Waals surface area contributed by atoms with Gasteiger partial charge in [-0.25, -0.2) is 24.7 Å². The predicted octanol–water partition coefficient (Wildman–Crippen LogP) is 7.80. The molecule has 18 nitrogen and oxygen atoms in total. The fourth-order valence-electron chi connectivity index (χ4n) is 7.53. The summed E-state index contributed by atoms with van der Waals surface area (Å²) in [6.45, 7) is 11.7. The zero-order valence-electron chi connectivity index (χ0n) is 37.4. The molecule has 9 rings (SSSR count). The van der Waals surface area contributed by atoms with E-state index in [1.807, 2.05) is 71.4 Å². The Balaban J connectivity index is 0.000000210. The van der Waals surface area contributed by atoms with Crippen molar-refractivity contribution in [3.8, 4) is 22.8 Å². The molecule has 0 spiro atoms. The first-order valence-electron chi connectivity index (χ1n) is 22.4. The molecule has 2 aliphatic rings. The molecular weight excluding hydrogens is 839 g/mol. The molecule has 7 aromatic rings. The smallest absolute Gasteiger partial charge is 0.413 e. The minimum atomic E-state index is -0.680. The van der Waals surface area contributed by atoms with Gasteiger partial charge in [0.1, 0.15) is 47.7 Å². The number of ether oxygens (including phenoxy) is 2. The first kappa shape index (κ1) is 46.4. The Hall–Kier alpha value is -7.60. The van der Waals surface area contributed by atoms with Gasteiger partial charge in [-0.3, -0.25) is 15.2 Å². The van der Waals surface area contributed by atoms with Crippen LogP contribution < -0.4 is 26.0 Å². The number of nitrogen functional groups attached to an aromatic ring is 1. The van der Waals surface area contributed by atoms with Gasteiger partial charge in [0, 0.05) is 68.3 Å². The summed E-state index contributed by atoms with van der Waals surface area (Å²) in [6.07, 6.45) is 11.9. The minimum absolute atomic E-state index is 0.155. The monoisotopic (exact) mass is 895 g/mol. The third-order valence-electron chi connectivity index (χ3n) is 10.9. The number of aromatic amines is 1. The normalized spacial score (nSPS) is 13.5.